The fourth-order valence-electron chi connectivity index (χ4n) is 3.59. The summed E-state index contributed by atoms with van der Waals surface area (Å²) in [6.45, 7) is 1.98. The number of carbonyl (C=O) groups is 1. The highest BCUT2D eigenvalue weighted by atomic mass is 16.1. The van der Waals surface area contributed by atoms with Crippen molar-refractivity contribution in [1.82, 2.24) is 18.9 Å². The zero-order chi connectivity index (χ0) is 20.0. The van der Waals surface area contributed by atoms with Crippen molar-refractivity contribution >= 4 is 28.3 Å². The van der Waals surface area contributed by atoms with Gasteiger partial charge in [-0.15, -0.1) is 0 Å². The van der Waals surface area contributed by atoms with Crippen molar-refractivity contribution in [1.29, 1.82) is 0 Å². The number of para-hydroxylation sites is 2. The predicted molar refractivity (Wildman–Crippen MR) is 114 cm³/mol. The number of aromatic nitrogens is 4. The number of nitrogens with zero attached hydrogens (tertiary/aromatic N) is 4. The van der Waals surface area contributed by atoms with Crippen molar-refractivity contribution in [2.45, 2.75) is 6.92 Å². The number of amides is 1. The topological polar surface area (TPSA) is 64.2 Å². The van der Waals surface area contributed by atoms with E-state index in [0.29, 0.717) is 5.69 Å². The Morgan fingerprint density at radius 1 is 1.03 bits per heavy atom. The van der Waals surface area contributed by atoms with Gasteiger partial charge in [0.25, 0.3) is 5.91 Å². The highest BCUT2D eigenvalue weighted by Crippen LogP contribution is 2.28. The van der Waals surface area contributed by atoms with Gasteiger partial charge in [-0.25, -0.2) is 9.97 Å². The van der Waals surface area contributed by atoms with Crippen molar-refractivity contribution in [3.8, 4) is 11.4 Å². The van der Waals surface area contributed by atoms with E-state index in [1.807, 2.05) is 80.8 Å². The van der Waals surface area contributed by atoms with E-state index in [2.05, 4.69) is 14.9 Å². The maximum absolute atomic E-state index is 12.9. The zero-order valence-electron chi connectivity index (χ0n) is 16.1. The fourth-order valence-corrected chi connectivity index (χ4v) is 3.59. The van der Waals surface area contributed by atoms with Gasteiger partial charge in [-0.05, 0) is 42.8 Å². The van der Waals surface area contributed by atoms with Crippen molar-refractivity contribution in [2.75, 3.05) is 5.32 Å². The molecule has 5 aromatic rings. The minimum Gasteiger partial charge on any atom is -0.327 e. The monoisotopic (exact) mass is 381 g/mol. The second-order valence-electron chi connectivity index (χ2n) is 7.04. The Morgan fingerprint density at radius 2 is 1.86 bits per heavy atom. The minimum atomic E-state index is -0.200. The fraction of sp³-hybridized carbons (Fsp3) is 0.0870. The quantitative estimate of drug-likeness (QED) is 0.502. The molecule has 0 spiro atoms. The molecule has 0 fully saturated rings. The van der Waals surface area contributed by atoms with Crippen molar-refractivity contribution in [2.24, 2.45) is 7.05 Å². The van der Waals surface area contributed by atoms with Crippen molar-refractivity contribution in [3.63, 3.8) is 0 Å². The summed E-state index contributed by atoms with van der Waals surface area (Å²) in [5, 5.41) is 3.03. The number of benzene rings is 2. The number of imidazole rings is 2. The van der Waals surface area contributed by atoms with Gasteiger partial charge in [-0.3, -0.25) is 9.20 Å². The number of nitrogens with one attached hydrogen (secondary N) is 1. The lowest BCUT2D eigenvalue weighted by atomic mass is 10.1. The van der Waals surface area contributed by atoms with Gasteiger partial charge in [0.1, 0.15) is 17.2 Å². The summed E-state index contributed by atoms with van der Waals surface area (Å²) in [7, 11) is 2.00. The van der Waals surface area contributed by atoms with E-state index < -0.39 is 0 Å². The molecule has 0 saturated heterocycles. The average molecular weight is 381 g/mol. The SMILES string of the molecule is Cc1ccc(-c2nc3ccccc3n2C)cc1NC(=O)c1cnc2ccccn12. The molecule has 0 saturated carbocycles. The molecule has 0 unspecified atom stereocenters. The highest BCUT2D eigenvalue weighted by Gasteiger charge is 2.15. The van der Waals surface area contributed by atoms with Crippen LogP contribution in [0.15, 0.2) is 73.1 Å². The number of pyridine rings is 1. The molecule has 0 radical (unpaired) electrons. The van der Waals surface area contributed by atoms with E-state index in [9.17, 15) is 4.79 Å². The van der Waals surface area contributed by atoms with E-state index in [1.54, 1.807) is 10.6 Å². The average Bonchev–Trinajstić information content (AvgIpc) is 3.31. The third-order valence-corrected chi connectivity index (χ3v) is 5.18. The molecular weight excluding hydrogens is 362 g/mol. The Bertz CT molecular complexity index is 1380. The van der Waals surface area contributed by atoms with E-state index >= 15 is 0 Å². The lowest BCUT2D eigenvalue weighted by Crippen LogP contribution is -2.15. The molecule has 142 valence electrons. The second-order valence-corrected chi connectivity index (χ2v) is 7.04. The molecule has 0 atom stereocenters. The summed E-state index contributed by atoms with van der Waals surface area (Å²) >= 11 is 0. The molecule has 1 N–H and O–H groups in total. The summed E-state index contributed by atoms with van der Waals surface area (Å²) in [5.74, 6) is 0.658. The first kappa shape index (κ1) is 17.2. The Hall–Kier alpha value is -3.93. The number of hydrogen-bond donors (Lipinski definition) is 1. The summed E-state index contributed by atoms with van der Waals surface area (Å²) in [5.41, 5.74) is 5.93. The van der Waals surface area contributed by atoms with Crippen LogP contribution in [0.3, 0.4) is 0 Å². The van der Waals surface area contributed by atoms with Crippen LogP contribution in [0.1, 0.15) is 16.1 Å². The highest BCUT2D eigenvalue weighted by molar-refractivity contribution is 6.04. The van der Waals surface area contributed by atoms with Gasteiger partial charge in [0.05, 0.1) is 17.2 Å². The smallest absolute Gasteiger partial charge is 0.274 e. The van der Waals surface area contributed by atoms with Crippen LogP contribution in [-0.2, 0) is 7.05 Å². The van der Waals surface area contributed by atoms with Gasteiger partial charge in [-0.1, -0.05) is 30.3 Å². The number of rotatable bonds is 3. The lowest BCUT2D eigenvalue weighted by Gasteiger charge is -2.11. The van der Waals surface area contributed by atoms with Crippen LogP contribution >= 0.6 is 0 Å². The second kappa shape index (κ2) is 6.60. The molecule has 29 heavy (non-hydrogen) atoms. The van der Waals surface area contributed by atoms with Gasteiger partial charge in [0.2, 0.25) is 0 Å². The van der Waals surface area contributed by atoms with E-state index in [-0.39, 0.29) is 5.91 Å². The standard InChI is InChI=1S/C23H19N5O/c1-15-10-11-16(22-25-17-7-3-4-8-19(17)27(22)2)13-18(15)26-23(29)20-14-24-21-9-5-6-12-28(20)21/h3-14H,1-2H3,(H,26,29). The zero-order valence-corrected chi connectivity index (χ0v) is 16.1. The van der Waals surface area contributed by atoms with Crippen LogP contribution < -0.4 is 5.32 Å². The maximum Gasteiger partial charge on any atom is 0.274 e. The summed E-state index contributed by atoms with van der Waals surface area (Å²) < 4.78 is 3.84. The number of carbonyl (C=O) groups excluding carboxylic acids is 1. The van der Waals surface area contributed by atoms with Crippen LogP contribution in [0.2, 0.25) is 0 Å². The minimum absolute atomic E-state index is 0.200. The molecule has 1 amide bonds. The Balaban J connectivity index is 1.52. The van der Waals surface area contributed by atoms with E-state index in [4.69, 9.17) is 4.98 Å². The first-order valence-corrected chi connectivity index (χ1v) is 9.38. The molecule has 3 aromatic heterocycles. The number of fused-ring (bicyclic) bond motifs is 2. The van der Waals surface area contributed by atoms with Crippen molar-refractivity contribution < 1.29 is 4.79 Å². The maximum atomic E-state index is 12.9. The van der Waals surface area contributed by atoms with E-state index in [1.165, 1.54) is 0 Å². The Kier molecular flexibility index (Phi) is 3.91. The molecule has 0 bridgehead atoms. The molecule has 0 aliphatic carbocycles. The first-order valence-electron chi connectivity index (χ1n) is 9.38. The molecular formula is C23H19N5O. The molecule has 3 heterocycles. The van der Waals surface area contributed by atoms with E-state index in [0.717, 1.165) is 39.3 Å². The van der Waals surface area contributed by atoms with Crippen LogP contribution in [0.25, 0.3) is 28.1 Å². The lowest BCUT2D eigenvalue weighted by molar-refractivity contribution is 0.102. The van der Waals surface area contributed by atoms with Gasteiger partial charge in [-0.2, -0.15) is 0 Å². The summed E-state index contributed by atoms with van der Waals surface area (Å²) in [6, 6.07) is 19.7. The number of anilines is 1. The van der Waals surface area contributed by atoms with Crippen LogP contribution in [0.5, 0.6) is 0 Å². The van der Waals surface area contributed by atoms with Crippen molar-refractivity contribution in [3.05, 3.63) is 84.3 Å². The normalized spacial score (nSPS) is 11.2. The molecule has 0 aliphatic heterocycles. The van der Waals surface area contributed by atoms with Crippen LogP contribution in [-0.4, -0.2) is 24.8 Å². The molecule has 0 aliphatic rings. The third-order valence-electron chi connectivity index (χ3n) is 5.18. The Labute approximate surface area is 167 Å². The number of hydrogen-bond acceptors (Lipinski definition) is 3. The molecule has 6 heteroatoms. The molecule has 2 aromatic carbocycles. The van der Waals surface area contributed by atoms with Gasteiger partial charge < -0.3 is 9.88 Å². The predicted octanol–water partition coefficient (Wildman–Crippen LogP) is 4.45. The largest absolute Gasteiger partial charge is 0.327 e. The summed E-state index contributed by atoms with van der Waals surface area (Å²) in [6.07, 6.45) is 3.43. The first-order chi connectivity index (χ1) is 14.1. The van der Waals surface area contributed by atoms with Gasteiger partial charge in [0, 0.05) is 24.5 Å². The molecule has 6 nitrogen and oxygen atoms in total. The number of aryl methyl sites for hydroxylation is 2. The van der Waals surface area contributed by atoms with Crippen LogP contribution in [0, 0.1) is 6.92 Å². The third kappa shape index (κ3) is 2.86. The molecule has 5 rings (SSSR count). The summed E-state index contributed by atoms with van der Waals surface area (Å²) in [4.78, 5) is 22.0. The van der Waals surface area contributed by atoms with Gasteiger partial charge in [0.15, 0.2) is 0 Å². The Morgan fingerprint density at radius 3 is 2.72 bits per heavy atom. The van der Waals surface area contributed by atoms with Crippen LogP contribution in [0.4, 0.5) is 5.69 Å². The van der Waals surface area contributed by atoms with Gasteiger partial charge >= 0.3 is 0 Å².